The summed E-state index contributed by atoms with van der Waals surface area (Å²) in [4.78, 5) is 24.1. The maximum absolute atomic E-state index is 13.0. The van der Waals surface area contributed by atoms with Crippen LogP contribution in [-0.2, 0) is 6.54 Å². The zero-order valence-corrected chi connectivity index (χ0v) is 17.7. The zero-order chi connectivity index (χ0) is 21.5. The van der Waals surface area contributed by atoms with Crippen molar-refractivity contribution in [2.75, 3.05) is 20.1 Å². The summed E-state index contributed by atoms with van der Waals surface area (Å²) in [6.45, 7) is 2.44. The SMILES string of the molecule is CN(CCCNC(=O)c1cc(-c2ccncc2)nc2ccccc12)Cc1ccccc1. The van der Waals surface area contributed by atoms with Gasteiger partial charge in [-0.1, -0.05) is 48.5 Å². The fourth-order valence-electron chi connectivity index (χ4n) is 3.65. The van der Waals surface area contributed by atoms with Crippen molar-refractivity contribution in [1.29, 1.82) is 0 Å². The molecule has 0 radical (unpaired) electrons. The van der Waals surface area contributed by atoms with E-state index in [1.165, 1.54) is 5.56 Å². The Morgan fingerprint density at radius 2 is 1.71 bits per heavy atom. The monoisotopic (exact) mass is 410 g/mol. The molecule has 0 atom stereocenters. The summed E-state index contributed by atoms with van der Waals surface area (Å²) in [6.07, 6.45) is 4.35. The predicted molar refractivity (Wildman–Crippen MR) is 125 cm³/mol. The number of nitrogens with one attached hydrogen (secondary N) is 1. The van der Waals surface area contributed by atoms with Crippen molar-refractivity contribution in [2.24, 2.45) is 0 Å². The van der Waals surface area contributed by atoms with Crippen molar-refractivity contribution < 1.29 is 4.79 Å². The normalized spacial score (nSPS) is 11.0. The van der Waals surface area contributed by atoms with Crippen LogP contribution in [-0.4, -0.2) is 40.9 Å². The Bertz CT molecular complexity index is 1150. The molecule has 0 unspecified atom stereocenters. The van der Waals surface area contributed by atoms with Gasteiger partial charge in [0.2, 0.25) is 0 Å². The largest absolute Gasteiger partial charge is 0.352 e. The molecule has 0 saturated heterocycles. The van der Waals surface area contributed by atoms with Crippen molar-refractivity contribution >= 4 is 16.8 Å². The van der Waals surface area contributed by atoms with Crippen LogP contribution < -0.4 is 5.32 Å². The third-order valence-electron chi connectivity index (χ3n) is 5.23. The first-order valence-corrected chi connectivity index (χ1v) is 10.5. The molecule has 0 saturated carbocycles. The van der Waals surface area contributed by atoms with E-state index in [-0.39, 0.29) is 5.91 Å². The lowest BCUT2D eigenvalue weighted by atomic mass is 10.0. The summed E-state index contributed by atoms with van der Waals surface area (Å²) in [5.74, 6) is -0.0698. The summed E-state index contributed by atoms with van der Waals surface area (Å²) in [5, 5.41) is 3.94. The molecule has 0 aliphatic heterocycles. The van der Waals surface area contributed by atoms with Crippen molar-refractivity contribution in [1.82, 2.24) is 20.2 Å². The summed E-state index contributed by atoms with van der Waals surface area (Å²) in [7, 11) is 2.10. The quantitative estimate of drug-likeness (QED) is 0.433. The van der Waals surface area contributed by atoms with E-state index in [4.69, 9.17) is 4.98 Å². The second kappa shape index (κ2) is 9.96. The molecular formula is C26H26N4O. The van der Waals surface area contributed by atoms with Gasteiger partial charge in [-0.05, 0) is 49.8 Å². The highest BCUT2D eigenvalue weighted by Gasteiger charge is 2.13. The molecule has 0 bridgehead atoms. The molecule has 156 valence electrons. The lowest BCUT2D eigenvalue weighted by Crippen LogP contribution is -2.28. The van der Waals surface area contributed by atoms with Gasteiger partial charge in [0, 0.05) is 36.4 Å². The number of aromatic nitrogens is 2. The number of carbonyl (C=O) groups is 1. The maximum Gasteiger partial charge on any atom is 0.252 e. The lowest BCUT2D eigenvalue weighted by molar-refractivity contribution is 0.0953. The van der Waals surface area contributed by atoms with Crippen molar-refractivity contribution in [3.8, 4) is 11.3 Å². The van der Waals surface area contributed by atoms with Gasteiger partial charge in [-0.3, -0.25) is 9.78 Å². The molecule has 2 aromatic carbocycles. The second-order valence-corrected chi connectivity index (χ2v) is 7.64. The zero-order valence-electron chi connectivity index (χ0n) is 17.7. The molecular weight excluding hydrogens is 384 g/mol. The Morgan fingerprint density at radius 1 is 0.968 bits per heavy atom. The minimum Gasteiger partial charge on any atom is -0.352 e. The fraction of sp³-hybridized carbons (Fsp3) is 0.192. The predicted octanol–water partition coefficient (Wildman–Crippen LogP) is 4.55. The van der Waals surface area contributed by atoms with Crippen LogP contribution in [0.15, 0.2) is 85.2 Å². The van der Waals surface area contributed by atoms with E-state index in [1.54, 1.807) is 12.4 Å². The van der Waals surface area contributed by atoms with E-state index in [2.05, 4.69) is 46.5 Å². The first-order valence-electron chi connectivity index (χ1n) is 10.5. The Kier molecular flexibility index (Phi) is 6.65. The lowest BCUT2D eigenvalue weighted by Gasteiger charge is -2.17. The number of hydrogen-bond acceptors (Lipinski definition) is 4. The van der Waals surface area contributed by atoms with Gasteiger partial charge in [0.25, 0.3) is 5.91 Å². The van der Waals surface area contributed by atoms with Gasteiger partial charge in [0.05, 0.1) is 16.8 Å². The molecule has 1 amide bonds. The standard InChI is InChI=1S/C26H26N4O/c1-30(19-20-8-3-2-4-9-20)17-7-14-28-26(31)23-18-25(21-12-15-27-16-13-21)29-24-11-6-5-10-22(23)24/h2-6,8-13,15-16,18H,7,14,17,19H2,1H3,(H,28,31). The van der Waals surface area contributed by atoms with Crippen LogP contribution in [0.2, 0.25) is 0 Å². The smallest absolute Gasteiger partial charge is 0.252 e. The van der Waals surface area contributed by atoms with E-state index >= 15 is 0 Å². The molecule has 2 aromatic heterocycles. The number of nitrogens with zero attached hydrogens (tertiary/aromatic N) is 3. The number of fused-ring (bicyclic) bond motifs is 1. The molecule has 0 fully saturated rings. The Balaban J connectivity index is 1.41. The van der Waals surface area contributed by atoms with E-state index in [0.717, 1.165) is 41.7 Å². The fourth-order valence-corrected chi connectivity index (χ4v) is 3.65. The molecule has 5 heteroatoms. The number of benzene rings is 2. The van der Waals surface area contributed by atoms with Crippen LogP contribution in [0.1, 0.15) is 22.3 Å². The number of hydrogen-bond donors (Lipinski definition) is 1. The molecule has 0 aliphatic rings. The molecule has 2 heterocycles. The Hall–Kier alpha value is -3.57. The van der Waals surface area contributed by atoms with Crippen LogP contribution in [0, 0.1) is 0 Å². The van der Waals surface area contributed by atoms with Crippen LogP contribution in [0.25, 0.3) is 22.2 Å². The number of para-hydroxylation sites is 1. The Labute approximate surface area is 182 Å². The summed E-state index contributed by atoms with van der Waals surface area (Å²) in [5.41, 5.74) is 4.46. The summed E-state index contributed by atoms with van der Waals surface area (Å²) >= 11 is 0. The minimum absolute atomic E-state index is 0.0698. The van der Waals surface area contributed by atoms with E-state index in [9.17, 15) is 4.79 Å². The highest BCUT2D eigenvalue weighted by atomic mass is 16.1. The average Bonchev–Trinajstić information content (AvgIpc) is 2.82. The average molecular weight is 411 g/mol. The third-order valence-corrected chi connectivity index (χ3v) is 5.23. The van der Waals surface area contributed by atoms with Crippen molar-refractivity contribution in [3.05, 3.63) is 96.3 Å². The van der Waals surface area contributed by atoms with E-state index in [0.29, 0.717) is 12.1 Å². The van der Waals surface area contributed by atoms with Gasteiger partial charge >= 0.3 is 0 Å². The number of amides is 1. The van der Waals surface area contributed by atoms with Crippen LogP contribution in [0.3, 0.4) is 0 Å². The topological polar surface area (TPSA) is 58.1 Å². The number of rotatable bonds is 8. The number of pyridine rings is 2. The van der Waals surface area contributed by atoms with Gasteiger partial charge in [-0.25, -0.2) is 4.98 Å². The number of carbonyl (C=O) groups excluding carboxylic acids is 1. The Morgan fingerprint density at radius 3 is 2.52 bits per heavy atom. The highest BCUT2D eigenvalue weighted by Crippen LogP contribution is 2.24. The van der Waals surface area contributed by atoms with Gasteiger partial charge < -0.3 is 10.2 Å². The van der Waals surface area contributed by atoms with E-state index in [1.807, 2.05) is 48.5 Å². The van der Waals surface area contributed by atoms with Crippen LogP contribution in [0.4, 0.5) is 0 Å². The van der Waals surface area contributed by atoms with Gasteiger partial charge in [-0.2, -0.15) is 0 Å². The first-order chi connectivity index (χ1) is 15.2. The van der Waals surface area contributed by atoms with E-state index < -0.39 is 0 Å². The summed E-state index contributed by atoms with van der Waals surface area (Å²) in [6, 6.07) is 23.9. The maximum atomic E-state index is 13.0. The first kappa shape index (κ1) is 20.7. The van der Waals surface area contributed by atoms with Gasteiger partial charge in [0.15, 0.2) is 0 Å². The molecule has 4 aromatic rings. The van der Waals surface area contributed by atoms with Gasteiger partial charge in [-0.15, -0.1) is 0 Å². The molecule has 0 spiro atoms. The van der Waals surface area contributed by atoms with Crippen molar-refractivity contribution in [2.45, 2.75) is 13.0 Å². The van der Waals surface area contributed by atoms with Crippen LogP contribution in [0.5, 0.6) is 0 Å². The minimum atomic E-state index is -0.0698. The summed E-state index contributed by atoms with van der Waals surface area (Å²) < 4.78 is 0. The molecule has 1 N–H and O–H groups in total. The molecule has 4 rings (SSSR count). The molecule has 0 aliphatic carbocycles. The van der Waals surface area contributed by atoms with Gasteiger partial charge in [0.1, 0.15) is 0 Å². The molecule has 5 nitrogen and oxygen atoms in total. The molecule has 31 heavy (non-hydrogen) atoms. The second-order valence-electron chi connectivity index (χ2n) is 7.64. The highest BCUT2D eigenvalue weighted by molar-refractivity contribution is 6.07. The third kappa shape index (κ3) is 5.32. The van der Waals surface area contributed by atoms with Crippen LogP contribution >= 0.6 is 0 Å². The van der Waals surface area contributed by atoms with Crippen molar-refractivity contribution in [3.63, 3.8) is 0 Å².